The van der Waals surface area contributed by atoms with E-state index < -0.39 is 0 Å². The minimum atomic E-state index is 0.00322. The number of imidazole rings is 1. The molecule has 35 heavy (non-hydrogen) atoms. The van der Waals surface area contributed by atoms with Crippen molar-refractivity contribution in [2.75, 3.05) is 7.05 Å². The molecule has 1 aromatic heterocycles. The highest BCUT2D eigenvalue weighted by atomic mass is 32.2. The largest absolute Gasteiger partial charge is 0.490 e. The predicted molar refractivity (Wildman–Crippen MR) is 144 cm³/mol. The van der Waals surface area contributed by atoms with E-state index in [9.17, 15) is 5.26 Å². The molecule has 0 saturated heterocycles. The number of hydrogen-bond acceptors (Lipinski definition) is 6. The van der Waals surface area contributed by atoms with Gasteiger partial charge in [0.25, 0.3) is 0 Å². The van der Waals surface area contributed by atoms with Crippen molar-refractivity contribution in [3.05, 3.63) is 89.0 Å². The van der Waals surface area contributed by atoms with Crippen LogP contribution in [0.1, 0.15) is 66.2 Å². The molecule has 1 heterocycles. The lowest BCUT2D eigenvalue weighted by Gasteiger charge is -2.28. The molecule has 7 heteroatoms. The first-order valence-electron chi connectivity index (χ1n) is 11.9. The molecular formula is C28H31N5OS. The SMILES string of the molecule is C=C(S/C(=N\C)c1ccc(OC(C)C)c(C#N)c1)c1cccc2c1CCC[C@@H]2NCc1cnc[nH]1. The number of hydrogen-bond donors (Lipinski definition) is 2. The molecule has 0 aliphatic heterocycles. The number of nitrogens with one attached hydrogen (secondary N) is 2. The second-order valence-electron chi connectivity index (χ2n) is 8.82. The number of rotatable bonds is 8. The topological polar surface area (TPSA) is 86.1 Å². The van der Waals surface area contributed by atoms with Gasteiger partial charge in [-0.05, 0) is 68.0 Å². The van der Waals surface area contributed by atoms with Crippen LogP contribution < -0.4 is 10.1 Å². The van der Waals surface area contributed by atoms with Gasteiger partial charge in [0, 0.05) is 42.0 Å². The monoisotopic (exact) mass is 485 g/mol. The maximum atomic E-state index is 9.63. The van der Waals surface area contributed by atoms with Gasteiger partial charge in [0.2, 0.25) is 0 Å². The van der Waals surface area contributed by atoms with Crippen molar-refractivity contribution in [1.29, 1.82) is 5.26 Å². The van der Waals surface area contributed by atoms with Gasteiger partial charge >= 0.3 is 0 Å². The average molecular weight is 486 g/mol. The Hall–Kier alpha value is -3.34. The highest BCUT2D eigenvalue weighted by molar-refractivity contribution is 8.22. The molecular weight excluding hydrogens is 454 g/mol. The molecule has 0 spiro atoms. The highest BCUT2D eigenvalue weighted by Crippen LogP contribution is 2.39. The number of nitriles is 1. The Kier molecular flexibility index (Phi) is 8.06. The van der Waals surface area contributed by atoms with Crippen LogP contribution in [0.5, 0.6) is 5.75 Å². The Morgan fingerprint density at radius 2 is 2.23 bits per heavy atom. The molecule has 0 fully saturated rings. The fourth-order valence-corrected chi connectivity index (χ4v) is 5.32. The summed E-state index contributed by atoms with van der Waals surface area (Å²) in [7, 11) is 1.77. The van der Waals surface area contributed by atoms with Gasteiger partial charge in [-0.15, -0.1) is 0 Å². The van der Waals surface area contributed by atoms with Gasteiger partial charge in [-0.2, -0.15) is 5.26 Å². The van der Waals surface area contributed by atoms with Gasteiger partial charge in [0.15, 0.2) is 0 Å². The minimum absolute atomic E-state index is 0.00322. The van der Waals surface area contributed by atoms with Crippen LogP contribution in [0, 0.1) is 11.3 Å². The van der Waals surface area contributed by atoms with Crippen molar-refractivity contribution >= 4 is 21.7 Å². The summed E-state index contributed by atoms with van der Waals surface area (Å²) >= 11 is 1.55. The predicted octanol–water partition coefficient (Wildman–Crippen LogP) is 6.02. The first-order valence-corrected chi connectivity index (χ1v) is 12.7. The summed E-state index contributed by atoms with van der Waals surface area (Å²) in [5.41, 5.74) is 6.33. The number of H-pyrrole nitrogens is 1. The van der Waals surface area contributed by atoms with Gasteiger partial charge in [-0.25, -0.2) is 4.98 Å². The van der Waals surface area contributed by atoms with Crippen LogP contribution in [0.4, 0.5) is 0 Å². The molecule has 2 N–H and O–H groups in total. The molecule has 4 rings (SSSR count). The summed E-state index contributed by atoms with van der Waals surface area (Å²) in [5, 5.41) is 14.1. The number of benzene rings is 2. The molecule has 0 radical (unpaired) electrons. The van der Waals surface area contributed by atoms with Crippen molar-refractivity contribution in [3.8, 4) is 11.8 Å². The van der Waals surface area contributed by atoms with Crippen molar-refractivity contribution in [2.24, 2.45) is 4.99 Å². The number of aromatic nitrogens is 2. The van der Waals surface area contributed by atoms with E-state index in [0.29, 0.717) is 17.4 Å². The maximum absolute atomic E-state index is 9.63. The van der Waals surface area contributed by atoms with Gasteiger partial charge in [0.05, 0.1) is 18.0 Å². The zero-order valence-electron chi connectivity index (χ0n) is 20.5. The molecule has 0 amide bonds. The summed E-state index contributed by atoms with van der Waals surface area (Å²) in [4.78, 5) is 12.8. The van der Waals surface area contributed by atoms with E-state index in [1.54, 1.807) is 25.1 Å². The van der Waals surface area contributed by atoms with Crippen LogP contribution >= 0.6 is 11.8 Å². The van der Waals surface area contributed by atoms with E-state index in [0.717, 1.165) is 47.0 Å². The number of thioether (sulfide) groups is 1. The van der Waals surface area contributed by atoms with Gasteiger partial charge < -0.3 is 15.0 Å². The molecule has 0 bridgehead atoms. The summed E-state index contributed by atoms with van der Waals surface area (Å²) < 4.78 is 5.77. The van der Waals surface area contributed by atoms with E-state index in [-0.39, 0.29) is 6.10 Å². The Balaban J connectivity index is 1.54. The number of fused-ring (bicyclic) bond motifs is 1. The third kappa shape index (κ3) is 5.84. The zero-order chi connectivity index (χ0) is 24.8. The van der Waals surface area contributed by atoms with Crippen LogP contribution in [0.15, 0.2) is 60.5 Å². The van der Waals surface area contributed by atoms with Crippen molar-refractivity contribution < 1.29 is 4.74 Å². The summed E-state index contributed by atoms with van der Waals surface area (Å²) in [5.74, 6) is 0.594. The van der Waals surface area contributed by atoms with Gasteiger partial charge in [-0.1, -0.05) is 36.5 Å². The zero-order valence-corrected chi connectivity index (χ0v) is 21.3. The van der Waals surface area contributed by atoms with E-state index >= 15 is 0 Å². The number of nitrogens with zero attached hydrogens (tertiary/aromatic N) is 3. The molecule has 2 aromatic carbocycles. The molecule has 1 aliphatic carbocycles. The van der Waals surface area contributed by atoms with Crippen LogP contribution in [0.25, 0.3) is 4.91 Å². The third-order valence-electron chi connectivity index (χ3n) is 6.03. The Morgan fingerprint density at radius 1 is 1.37 bits per heavy atom. The standard InChI is InChI=1S/C28H31N5OS/c1-18(2)34-27-12-11-20(13-21(27)14-29)28(30-4)35-19(3)23-7-5-9-25-24(23)8-6-10-26(25)32-16-22-15-31-17-33-22/h5,7,9,11-13,15,17-18,26,32H,3,6,8,10,16H2,1-2,4H3,(H,31,33)/b30-28-/t26-/m0/s1. The fraction of sp³-hybridized carbons (Fsp3) is 0.321. The van der Waals surface area contributed by atoms with E-state index in [2.05, 4.69) is 51.1 Å². The molecule has 6 nitrogen and oxygen atoms in total. The van der Waals surface area contributed by atoms with Crippen LogP contribution in [0.3, 0.4) is 0 Å². The molecule has 1 aliphatic rings. The van der Waals surface area contributed by atoms with Crippen molar-refractivity contribution in [1.82, 2.24) is 15.3 Å². The molecule has 0 saturated carbocycles. The number of ether oxygens (including phenoxy) is 1. The highest BCUT2D eigenvalue weighted by Gasteiger charge is 2.23. The number of aliphatic imine (C=N–C) groups is 1. The normalized spacial score (nSPS) is 15.5. The first-order chi connectivity index (χ1) is 17.0. The van der Waals surface area contributed by atoms with E-state index in [4.69, 9.17) is 4.74 Å². The van der Waals surface area contributed by atoms with E-state index in [1.165, 1.54) is 16.7 Å². The Labute approximate surface area is 211 Å². The number of aromatic amines is 1. The smallest absolute Gasteiger partial charge is 0.137 e. The lowest BCUT2D eigenvalue weighted by atomic mass is 9.84. The Bertz CT molecular complexity index is 1260. The second kappa shape index (κ2) is 11.4. The van der Waals surface area contributed by atoms with Crippen LogP contribution in [-0.4, -0.2) is 28.2 Å². The van der Waals surface area contributed by atoms with Crippen molar-refractivity contribution in [3.63, 3.8) is 0 Å². The second-order valence-corrected chi connectivity index (χ2v) is 9.90. The molecule has 3 aromatic rings. The summed E-state index contributed by atoms with van der Waals surface area (Å²) in [6.07, 6.45) is 6.84. The fourth-order valence-electron chi connectivity index (χ4n) is 4.45. The molecule has 0 unspecified atom stereocenters. The maximum Gasteiger partial charge on any atom is 0.137 e. The third-order valence-corrected chi connectivity index (χ3v) is 7.11. The Morgan fingerprint density at radius 3 is 2.94 bits per heavy atom. The summed E-state index contributed by atoms with van der Waals surface area (Å²) in [6.45, 7) is 9.07. The lowest BCUT2D eigenvalue weighted by molar-refractivity contribution is 0.241. The molecule has 1 atom stereocenters. The van der Waals surface area contributed by atoms with Gasteiger partial charge in [0.1, 0.15) is 16.9 Å². The van der Waals surface area contributed by atoms with Gasteiger partial charge in [-0.3, -0.25) is 4.99 Å². The first kappa shape index (κ1) is 24.8. The summed E-state index contributed by atoms with van der Waals surface area (Å²) in [6, 6.07) is 14.7. The van der Waals surface area contributed by atoms with Crippen LogP contribution in [0.2, 0.25) is 0 Å². The minimum Gasteiger partial charge on any atom is -0.490 e. The quantitative estimate of drug-likeness (QED) is 0.301. The van der Waals surface area contributed by atoms with E-state index in [1.807, 2.05) is 38.2 Å². The molecule has 180 valence electrons. The van der Waals surface area contributed by atoms with Crippen LogP contribution in [-0.2, 0) is 13.0 Å². The average Bonchev–Trinajstić information content (AvgIpc) is 3.39. The van der Waals surface area contributed by atoms with Crippen molar-refractivity contribution in [2.45, 2.75) is 51.8 Å². The lowest BCUT2D eigenvalue weighted by Crippen LogP contribution is -2.25.